The van der Waals surface area contributed by atoms with E-state index in [9.17, 15) is 4.79 Å². The van der Waals surface area contributed by atoms with Crippen molar-refractivity contribution in [2.45, 2.75) is 25.8 Å². The fourth-order valence-electron chi connectivity index (χ4n) is 3.07. The molecule has 3 rings (SSSR count). The van der Waals surface area contributed by atoms with Crippen molar-refractivity contribution in [2.24, 2.45) is 0 Å². The van der Waals surface area contributed by atoms with Gasteiger partial charge in [-0.15, -0.1) is 11.3 Å². The van der Waals surface area contributed by atoms with Crippen LogP contribution in [-0.4, -0.2) is 26.2 Å². The molecule has 136 valence electrons. The Bertz CT molecular complexity index is 903. The summed E-state index contributed by atoms with van der Waals surface area (Å²) in [6, 6.07) is 14.0. The highest BCUT2D eigenvalue weighted by Crippen LogP contribution is 2.28. The van der Waals surface area contributed by atoms with Crippen LogP contribution >= 0.6 is 11.3 Å². The van der Waals surface area contributed by atoms with Crippen LogP contribution in [0.15, 0.2) is 47.8 Å². The summed E-state index contributed by atoms with van der Waals surface area (Å²) in [5.74, 6) is 1.30. The summed E-state index contributed by atoms with van der Waals surface area (Å²) in [5.41, 5.74) is 2.18. The molecular formula is C21H23NO3S. The van der Waals surface area contributed by atoms with Crippen molar-refractivity contribution in [1.29, 1.82) is 0 Å². The maximum absolute atomic E-state index is 12.4. The van der Waals surface area contributed by atoms with Crippen LogP contribution in [0.3, 0.4) is 0 Å². The van der Waals surface area contributed by atoms with Gasteiger partial charge in [-0.1, -0.05) is 24.3 Å². The summed E-state index contributed by atoms with van der Waals surface area (Å²) in [7, 11) is 3.19. The second-order valence-corrected chi connectivity index (χ2v) is 7.21. The summed E-state index contributed by atoms with van der Waals surface area (Å²) in [6.45, 7) is 2.04. The fraction of sp³-hybridized carbons (Fsp3) is 0.286. The van der Waals surface area contributed by atoms with Gasteiger partial charge in [-0.2, -0.15) is 0 Å². The number of amides is 1. The summed E-state index contributed by atoms with van der Waals surface area (Å²) in [5, 5.41) is 6.55. The van der Waals surface area contributed by atoms with Crippen LogP contribution in [0.25, 0.3) is 10.1 Å². The first-order valence-corrected chi connectivity index (χ1v) is 9.44. The van der Waals surface area contributed by atoms with Gasteiger partial charge in [0, 0.05) is 10.7 Å². The number of ether oxygens (including phenoxy) is 2. The average Bonchev–Trinajstić information content (AvgIpc) is 3.04. The molecule has 1 amide bonds. The van der Waals surface area contributed by atoms with Gasteiger partial charge in [0.1, 0.15) is 0 Å². The van der Waals surface area contributed by atoms with E-state index in [4.69, 9.17) is 9.47 Å². The van der Waals surface area contributed by atoms with Crippen LogP contribution in [0.1, 0.15) is 18.1 Å². The van der Waals surface area contributed by atoms with E-state index in [1.54, 1.807) is 25.6 Å². The van der Waals surface area contributed by atoms with Crippen LogP contribution < -0.4 is 14.8 Å². The van der Waals surface area contributed by atoms with E-state index in [0.717, 1.165) is 12.0 Å². The van der Waals surface area contributed by atoms with Gasteiger partial charge < -0.3 is 14.8 Å². The zero-order valence-corrected chi connectivity index (χ0v) is 16.1. The lowest BCUT2D eigenvalue weighted by molar-refractivity contribution is -0.121. The summed E-state index contributed by atoms with van der Waals surface area (Å²) in [4.78, 5) is 12.4. The molecule has 0 spiro atoms. The van der Waals surface area contributed by atoms with Crippen molar-refractivity contribution in [3.05, 3.63) is 59.0 Å². The van der Waals surface area contributed by atoms with E-state index in [-0.39, 0.29) is 11.9 Å². The minimum Gasteiger partial charge on any atom is -0.493 e. The zero-order chi connectivity index (χ0) is 18.5. The topological polar surface area (TPSA) is 47.6 Å². The van der Waals surface area contributed by atoms with Crippen molar-refractivity contribution >= 4 is 27.3 Å². The van der Waals surface area contributed by atoms with Crippen LogP contribution in [0, 0.1) is 0 Å². The number of hydrogen-bond donors (Lipinski definition) is 1. The number of fused-ring (bicyclic) bond motifs is 1. The van der Waals surface area contributed by atoms with E-state index >= 15 is 0 Å². The van der Waals surface area contributed by atoms with Gasteiger partial charge in [0.25, 0.3) is 0 Å². The van der Waals surface area contributed by atoms with Crippen LogP contribution in [0.2, 0.25) is 0 Å². The maximum Gasteiger partial charge on any atom is 0.224 e. The highest BCUT2D eigenvalue weighted by atomic mass is 32.1. The molecule has 5 heteroatoms. The first-order valence-electron chi connectivity index (χ1n) is 8.56. The lowest BCUT2D eigenvalue weighted by Gasteiger charge is -2.14. The van der Waals surface area contributed by atoms with Crippen molar-refractivity contribution in [3.63, 3.8) is 0 Å². The first-order chi connectivity index (χ1) is 12.6. The van der Waals surface area contributed by atoms with Crippen LogP contribution in [0.5, 0.6) is 11.5 Å². The van der Waals surface area contributed by atoms with Crippen molar-refractivity contribution in [2.75, 3.05) is 14.2 Å². The molecule has 0 saturated carbocycles. The van der Waals surface area contributed by atoms with E-state index in [0.29, 0.717) is 17.9 Å². The molecule has 0 fully saturated rings. The molecule has 0 aliphatic rings. The standard InChI is InChI=1S/C21H23NO3S/c1-14(10-16-13-26-20-7-5-4-6-17(16)20)22-21(23)12-15-8-9-18(24-2)19(11-15)25-3/h4-9,11,13-14H,10,12H2,1-3H3,(H,22,23). The molecule has 1 heterocycles. The van der Waals surface area contributed by atoms with Crippen LogP contribution in [0.4, 0.5) is 0 Å². The molecule has 0 aliphatic heterocycles. The van der Waals surface area contributed by atoms with E-state index in [1.165, 1.54) is 15.6 Å². The number of methoxy groups -OCH3 is 2. The Kier molecular flexibility index (Phi) is 5.78. The van der Waals surface area contributed by atoms with Gasteiger partial charge in [-0.3, -0.25) is 4.79 Å². The predicted octanol–water partition coefficient (Wildman–Crippen LogP) is 4.21. The molecule has 4 nitrogen and oxygen atoms in total. The molecule has 1 atom stereocenters. The molecule has 1 aromatic heterocycles. The predicted molar refractivity (Wildman–Crippen MR) is 106 cm³/mol. The Balaban J connectivity index is 1.61. The SMILES string of the molecule is COc1ccc(CC(=O)NC(C)Cc2csc3ccccc23)cc1OC. The van der Waals surface area contributed by atoms with Gasteiger partial charge in [-0.25, -0.2) is 0 Å². The minimum absolute atomic E-state index is 0.00394. The molecule has 0 saturated heterocycles. The average molecular weight is 369 g/mol. The fourth-order valence-corrected chi connectivity index (χ4v) is 4.05. The number of thiophene rings is 1. The molecule has 2 aromatic carbocycles. The number of carbonyl (C=O) groups is 1. The summed E-state index contributed by atoms with van der Waals surface area (Å²) >= 11 is 1.75. The molecular weight excluding hydrogens is 346 g/mol. The molecule has 26 heavy (non-hydrogen) atoms. The minimum atomic E-state index is 0.00394. The van der Waals surface area contributed by atoms with Crippen LogP contribution in [-0.2, 0) is 17.6 Å². The molecule has 0 radical (unpaired) electrons. The number of rotatable bonds is 7. The first kappa shape index (κ1) is 18.3. The third kappa shape index (κ3) is 4.17. The Hall–Kier alpha value is -2.53. The smallest absolute Gasteiger partial charge is 0.224 e. The van der Waals surface area contributed by atoms with Gasteiger partial charge >= 0.3 is 0 Å². The summed E-state index contributed by atoms with van der Waals surface area (Å²) in [6.07, 6.45) is 1.14. The Labute approximate surface area is 157 Å². The number of benzene rings is 2. The molecule has 1 unspecified atom stereocenters. The maximum atomic E-state index is 12.4. The number of nitrogens with one attached hydrogen (secondary N) is 1. The largest absolute Gasteiger partial charge is 0.493 e. The third-order valence-corrected chi connectivity index (χ3v) is 5.32. The zero-order valence-electron chi connectivity index (χ0n) is 15.2. The van der Waals surface area contributed by atoms with Gasteiger partial charge in [0.15, 0.2) is 11.5 Å². The van der Waals surface area contributed by atoms with Crippen molar-refractivity contribution in [1.82, 2.24) is 5.32 Å². The Morgan fingerprint density at radius 3 is 2.65 bits per heavy atom. The normalized spacial score (nSPS) is 12.0. The van der Waals surface area contributed by atoms with E-state index in [2.05, 4.69) is 35.0 Å². The van der Waals surface area contributed by atoms with E-state index in [1.807, 2.05) is 25.1 Å². The second-order valence-electron chi connectivity index (χ2n) is 6.30. The Morgan fingerprint density at radius 2 is 1.88 bits per heavy atom. The van der Waals surface area contributed by atoms with Crippen molar-refractivity contribution in [3.8, 4) is 11.5 Å². The van der Waals surface area contributed by atoms with Gasteiger partial charge in [0.05, 0.1) is 20.6 Å². The molecule has 1 N–H and O–H groups in total. The van der Waals surface area contributed by atoms with Gasteiger partial charge in [-0.05, 0) is 53.4 Å². The lowest BCUT2D eigenvalue weighted by Crippen LogP contribution is -2.35. The number of carbonyl (C=O) groups excluding carboxylic acids is 1. The Morgan fingerprint density at radius 1 is 1.12 bits per heavy atom. The number of hydrogen-bond acceptors (Lipinski definition) is 4. The molecule has 0 aliphatic carbocycles. The summed E-state index contributed by atoms with van der Waals surface area (Å²) < 4.78 is 11.8. The third-order valence-electron chi connectivity index (χ3n) is 4.31. The van der Waals surface area contributed by atoms with Crippen molar-refractivity contribution < 1.29 is 14.3 Å². The van der Waals surface area contributed by atoms with Gasteiger partial charge in [0.2, 0.25) is 5.91 Å². The molecule has 0 bridgehead atoms. The lowest BCUT2D eigenvalue weighted by atomic mass is 10.1. The second kappa shape index (κ2) is 8.23. The monoisotopic (exact) mass is 369 g/mol. The molecule has 3 aromatic rings. The quantitative estimate of drug-likeness (QED) is 0.679. The highest BCUT2D eigenvalue weighted by molar-refractivity contribution is 7.17. The van der Waals surface area contributed by atoms with E-state index < -0.39 is 0 Å². The highest BCUT2D eigenvalue weighted by Gasteiger charge is 2.13.